The van der Waals surface area contributed by atoms with Crippen LogP contribution in [0.25, 0.3) is 6.08 Å². The smallest absolute Gasteiger partial charge is 0.0938 e. The van der Waals surface area contributed by atoms with Gasteiger partial charge in [-0.1, -0.05) is 24.8 Å². The monoisotopic (exact) mass is 186 g/mol. The van der Waals surface area contributed by atoms with E-state index >= 15 is 0 Å². The third kappa shape index (κ3) is 1.64. The molecule has 1 aromatic rings. The van der Waals surface area contributed by atoms with E-state index in [9.17, 15) is 0 Å². The van der Waals surface area contributed by atoms with E-state index in [2.05, 4.69) is 60.1 Å². The highest BCUT2D eigenvalue weighted by molar-refractivity contribution is 5.56. The second-order valence-electron chi connectivity index (χ2n) is 3.46. The number of rotatable bonds is 2. The van der Waals surface area contributed by atoms with Gasteiger partial charge in [-0.3, -0.25) is 0 Å². The quantitative estimate of drug-likeness (QED) is 0.700. The van der Waals surface area contributed by atoms with Gasteiger partial charge in [0.15, 0.2) is 0 Å². The standard InChI is InChI=1S/C12H14N2/c1-3-11-4-6-12(7-5-11)14-9-8-13(2)10-14/h3-9H,1,10H2,2H3. The molecule has 1 aliphatic rings. The van der Waals surface area contributed by atoms with Crippen LogP contribution < -0.4 is 4.90 Å². The van der Waals surface area contributed by atoms with Crippen molar-refractivity contribution in [2.24, 2.45) is 0 Å². The summed E-state index contributed by atoms with van der Waals surface area (Å²) in [5, 5.41) is 0. The molecule has 1 aliphatic heterocycles. The number of benzene rings is 1. The normalized spacial score (nSPS) is 14.9. The van der Waals surface area contributed by atoms with Crippen molar-refractivity contribution in [2.75, 3.05) is 18.6 Å². The van der Waals surface area contributed by atoms with Gasteiger partial charge in [0.25, 0.3) is 0 Å². The van der Waals surface area contributed by atoms with Crippen LogP contribution in [0.2, 0.25) is 0 Å². The lowest BCUT2D eigenvalue weighted by Crippen LogP contribution is -2.21. The van der Waals surface area contributed by atoms with E-state index in [0.29, 0.717) is 0 Å². The Kier molecular flexibility index (Phi) is 2.27. The van der Waals surface area contributed by atoms with E-state index < -0.39 is 0 Å². The predicted molar refractivity (Wildman–Crippen MR) is 60.8 cm³/mol. The Hall–Kier alpha value is -1.70. The molecule has 2 heteroatoms. The minimum Gasteiger partial charge on any atom is -0.361 e. The van der Waals surface area contributed by atoms with Crippen molar-refractivity contribution in [3.63, 3.8) is 0 Å². The third-order valence-electron chi connectivity index (χ3n) is 2.34. The molecule has 0 saturated carbocycles. The highest BCUT2D eigenvalue weighted by Crippen LogP contribution is 2.19. The van der Waals surface area contributed by atoms with Crippen molar-refractivity contribution in [3.8, 4) is 0 Å². The molecule has 0 aliphatic carbocycles. The van der Waals surface area contributed by atoms with E-state index in [-0.39, 0.29) is 0 Å². The van der Waals surface area contributed by atoms with Gasteiger partial charge < -0.3 is 9.80 Å². The summed E-state index contributed by atoms with van der Waals surface area (Å²) in [5.74, 6) is 0. The first-order valence-electron chi connectivity index (χ1n) is 4.67. The summed E-state index contributed by atoms with van der Waals surface area (Å²) in [6.45, 7) is 4.66. The van der Waals surface area contributed by atoms with Gasteiger partial charge in [-0.15, -0.1) is 0 Å². The Morgan fingerprint density at radius 1 is 1.21 bits per heavy atom. The van der Waals surface area contributed by atoms with E-state index in [1.54, 1.807) is 0 Å². The molecule has 0 atom stereocenters. The molecule has 0 unspecified atom stereocenters. The maximum atomic E-state index is 3.73. The molecule has 0 spiro atoms. The fourth-order valence-electron chi connectivity index (χ4n) is 1.50. The van der Waals surface area contributed by atoms with Crippen LogP contribution in [0, 0.1) is 0 Å². The molecule has 2 nitrogen and oxygen atoms in total. The van der Waals surface area contributed by atoms with Crippen LogP contribution in [0.5, 0.6) is 0 Å². The van der Waals surface area contributed by atoms with Crippen LogP contribution in [-0.4, -0.2) is 18.6 Å². The minimum absolute atomic E-state index is 0.924. The van der Waals surface area contributed by atoms with E-state index in [1.165, 1.54) is 5.69 Å². The number of hydrogen-bond donors (Lipinski definition) is 0. The van der Waals surface area contributed by atoms with E-state index in [1.807, 2.05) is 6.08 Å². The van der Waals surface area contributed by atoms with Crippen LogP contribution in [0.4, 0.5) is 5.69 Å². The van der Waals surface area contributed by atoms with Gasteiger partial charge in [-0.25, -0.2) is 0 Å². The first kappa shape index (κ1) is 8.88. The summed E-state index contributed by atoms with van der Waals surface area (Å²) in [5.41, 5.74) is 2.38. The van der Waals surface area contributed by atoms with Crippen molar-refractivity contribution in [1.29, 1.82) is 0 Å². The Labute approximate surface area is 84.8 Å². The lowest BCUT2D eigenvalue weighted by Gasteiger charge is -2.18. The minimum atomic E-state index is 0.924. The highest BCUT2D eigenvalue weighted by atomic mass is 15.3. The summed E-state index contributed by atoms with van der Waals surface area (Å²) < 4.78 is 0. The van der Waals surface area contributed by atoms with Crippen LogP contribution in [0.15, 0.2) is 43.2 Å². The SMILES string of the molecule is C=Cc1ccc(N2C=CN(C)C2)cc1. The average molecular weight is 186 g/mol. The first-order valence-corrected chi connectivity index (χ1v) is 4.67. The summed E-state index contributed by atoms with van der Waals surface area (Å²) in [4.78, 5) is 4.34. The van der Waals surface area contributed by atoms with Crippen molar-refractivity contribution >= 4 is 11.8 Å². The van der Waals surface area contributed by atoms with Crippen LogP contribution in [0.1, 0.15) is 5.56 Å². The summed E-state index contributed by atoms with van der Waals surface area (Å²) in [7, 11) is 2.06. The summed E-state index contributed by atoms with van der Waals surface area (Å²) in [6, 6.07) is 8.38. The zero-order chi connectivity index (χ0) is 9.97. The molecule has 14 heavy (non-hydrogen) atoms. The van der Waals surface area contributed by atoms with Crippen molar-refractivity contribution in [2.45, 2.75) is 0 Å². The summed E-state index contributed by atoms with van der Waals surface area (Å²) in [6.07, 6.45) is 6.01. The Bertz CT molecular complexity index is 351. The predicted octanol–water partition coefficient (Wildman–Crippen LogP) is 2.51. The van der Waals surface area contributed by atoms with Crippen molar-refractivity contribution in [1.82, 2.24) is 4.90 Å². The Morgan fingerprint density at radius 3 is 2.43 bits per heavy atom. The molecule has 0 bridgehead atoms. The van der Waals surface area contributed by atoms with Gasteiger partial charge in [0, 0.05) is 25.1 Å². The molecule has 2 rings (SSSR count). The van der Waals surface area contributed by atoms with Gasteiger partial charge in [0.1, 0.15) is 0 Å². The van der Waals surface area contributed by atoms with Crippen LogP contribution >= 0.6 is 0 Å². The molecular formula is C12H14N2. The average Bonchev–Trinajstić information content (AvgIpc) is 2.65. The fourth-order valence-corrected chi connectivity index (χ4v) is 1.50. The maximum Gasteiger partial charge on any atom is 0.0938 e. The van der Waals surface area contributed by atoms with Crippen LogP contribution in [-0.2, 0) is 0 Å². The molecule has 1 aromatic carbocycles. The van der Waals surface area contributed by atoms with Crippen LogP contribution in [0.3, 0.4) is 0 Å². The number of hydrogen-bond acceptors (Lipinski definition) is 2. The van der Waals surface area contributed by atoms with Crippen molar-refractivity contribution < 1.29 is 0 Å². The molecule has 0 fully saturated rings. The molecule has 0 amide bonds. The lowest BCUT2D eigenvalue weighted by atomic mass is 10.2. The first-order chi connectivity index (χ1) is 6.79. The van der Waals surface area contributed by atoms with Crippen molar-refractivity contribution in [3.05, 3.63) is 48.8 Å². The molecule has 0 aromatic heterocycles. The van der Waals surface area contributed by atoms with Gasteiger partial charge in [-0.05, 0) is 17.7 Å². The second kappa shape index (κ2) is 3.58. The highest BCUT2D eigenvalue weighted by Gasteiger charge is 2.09. The number of anilines is 1. The molecule has 1 heterocycles. The third-order valence-corrected chi connectivity index (χ3v) is 2.34. The Morgan fingerprint density at radius 2 is 1.93 bits per heavy atom. The molecular weight excluding hydrogens is 172 g/mol. The summed E-state index contributed by atoms with van der Waals surface area (Å²) >= 11 is 0. The Balaban J connectivity index is 2.17. The molecule has 0 saturated heterocycles. The zero-order valence-corrected chi connectivity index (χ0v) is 8.35. The van der Waals surface area contributed by atoms with E-state index in [0.717, 1.165) is 12.2 Å². The van der Waals surface area contributed by atoms with Gasteiger partial charge >= 0.3 is 0 Å². The largest absolute Gasteiger partial charge is 0.361 e. The van der Waals surface area contributed by atoms with Gasteiger partial charge in [0.2, 0.25) is 0 Å². The van der Waals surface area contributed by atoms with Gasteiger partial charge in [0.05, 0.1) is 6.67 Å². The second-order valence-corrected chi connectivity index (χ2v) is 3.46. The van der Waals surface area contributed by atoms with Gasteiger partial charge in [-0.2, -0.15) is 0 Å². The molecule has 0 radical (unpaired) electrons. The number of nitrogens with zero attached hydrogens (tertiary/aromatic N) is 2. The maximum absolute atomic E-state index is 3.73. The molecule has 0 N–H and O–H groups in total. The molecule has 72 valence electrons. The zero-order valence-electron chi connectivity index (χ0n) is 8.35. The van der Waals surface area contributed by atoms with E-state index in [4.69, 9.17) is 0 Å². The lowest BCUT2D eigenvalue weighted by molar-refractivity contribution is 0.496. The fraction of sp³-hybridized carbons (Fsp3) is 0.167. The topological polar surface area (TPSA) is 6.48 Å².